The van der Waals surface area contributed by atoms with Crippen molar-refractivity contribution in [1.82, 2.24) is 0 Å². The Hall–Kier alpha value is -0.860. The summed E-state index contributed by atoms with van der Waals surface area (Å²) in [5.74, 6) is 0. The molecule has 0 saturated heterocycles. The topological polar surface area (TPSA) is 18.5 Å². The molecule has 1 aromatic rings. The van der Waals surface area contributed by atoms with Gasteiger partial charge >= 0.3 is 0 Å². The molecule has 2 nitrogen and oxygen atoms in total. The van der Waals surface area contributed by atoms with Crippen LogP contribution in [-0.2, 0) is 14.9 Å². The van der Waals surface area contributed by atoms with Crippen molar-refractivity contribution in [3.8, 4) is 0 Å². The lowest BCUT2D eigenvalue weighted by atomic mass is 9.85. The van der Waals surface area contributed by atoms with E-state index in [4.69, 9.17) is 9.47 Å². The second-order valence-corrected chi connectivity index (χ2v) is 5.19. The van der Waals surface area contributed by atoms with Crippen molar-refractivity contribution in [1.29, 1.82) is 0 Å². The Kier molecular flexibility index (Phi) is 4.11. The number of benzene rings is 1. The zero-order chi connectivity index (χ0) is 12.3. The van der Waals surface area contributed by atoms with E-state index in [-0.39, 0.29) is 11.7 Å². The summed E-state index contributed by atoms with van der Waals surface area (Å²) in [4.78, 5) is 0. The first kappa shape index (κ1) is 13.2. The molecule has 90 valence electrons. The third-order valence-electron chi connectivity index (χ3n) is 2.67. The van der Waals surface area contributed by atoms with Gasteiger partial charge in [0.1, 0.15) is 0 Å². The molecule has 1 rings (SSSR count). The Bertz CT molecular complexity index is 346. The van der Waals surface area contributed by atoms with Crippen molar-refractivity contribution in [3.05, 3.63) is 34.9 Å². The summed E-state index contributed by atoms with van der Waals surface area (Å²) in [6.45, 7) is 8.72. The molecule has 0 bridgehead atoms. The van der Waals surface area contributed by atoms with Crippen molar-refractivity contribution >= 4 is 0 Å². The van der Waals surface area contributed by atoms with Crippen LogP contribution in [0.1, 0.15) is 43.8 Å². The maximum absolute atomic E-state index is 5.29. The first-order chi connectivity index (χ1) is 7.38. The minimum atomic E-state index is -0.277. The Morgan fingerprint density at radius 1 is 1.00 bits per heavy atom. The second kappa shape index (κ2) is 4.98. The van der Waals surface area contributed by atoms with Gasteiger partial charge < -0.3 is 9.47 Å². The molecular formula is C14H22O2. The lowest BCUT2D eigenvalue weighted by molar-refractivity contribution is -0.106. The zero-order valence-electron chi connectivity index (χ0n) is 11.1. The van der Waals surface area contributed by atoms with Gasteiger partial charge in [-0.2, -0.15) is 0 Å². The largest absolute Gasteiger partial charge is 0.352 e. The van der Waals surface area contributed by atoms with Gasteiger partial charge in [-0.05, 0) is 17.9 Å². The van der Waals surface area contributed by atoms with Crippen molar-refractivity contribution in [2.75, 3.05) is 14.2 Å². The van der Waals surface area contributed by atoms with Crippen LogP contribution in [0.2, 0.25) is 0 Å². The Labute approximate surface area is 98.6 Å². The predicted molar refractivity (Wildman–Crippen MR) is 66.6 cm³/mol. The molecule has 2 heteroatoms. The highest BCUT2D eigenvalue weighted by Gasteiger charge is 2.17. The Morgan fingerprint density at radius 3 is 2.00 bits per heavy atom. The molecule has 0 atom stereocenters. The van der Waals surface area contributed by atoms with Gasteiger partial charge in [-0.1, -0.05) is 44.5 Å². The van der Waals surface area contributed by atoms with Crippen LogP contribution in [0.25, 0.3) is 0 Å². The molecule has 1 aromatic carbocycles. The van der Waals surface area contributed by atoms with E-state index in [0.29, 0.717) is 0 Å². The zero-order valence-corrected chi connectivity index (χ0v) is 11.1. The van der Waals surface area contributed by atoms with Crippen LogP contribution in [-0.4, -0.2) is 14.2 Å². The molecule has 0 unspecified atom stereocenters. The van der Waals surface area contributed by atoms with Crippen molar-refractivity contribution in [2.24, 2.45) is 0 Å². The molecular weight excluding hydrogens is 200 g/mol. The van der Waals surface area contributed by atoms with Crippen LogP contribution in [0, 0.1) is 6.92 Å². The summed E-state index contributed by atoms with van der Waals surface area (Å²) in [6, 6.07) is 6.48. The van der Waals surface area contributed by atoms with E-state index in [9.17, 15) is 0 Å². The van der Waals surface area contributed by atoms with Crippen LogP contribution in [0.15, 0.2) is 18.2 Å². The van der Waals surface area contributed by atoms with E-state index >= 15 is 0 Å². The Morgan fingerprint density at radius 2 is 1.56 bits per heavy atom. The van der Waals surface area contributed by atoms with Gasteiger partial charge in [0.25, 0.3) is 0 Å². The SMILES string of the molecule is COC(OC)c1cc(C)cc(C(C)(C)C)c1. The minimum Gasteiger partial charge on any atom is -0.352 e. The van der Waals surface area contributed by atoms with Gasteiger partial charge in [0.2, 0.25) is 0 Å². The summed E-state index contributed by atoms with van der Waals surface area (Å²) in [5.41, 5.74) is 3.77. The van der Waals surface area contributed by atoms with Crippen LogP contribution in [0.4, 0.5) is 0 Å². The molecule has 0 aromatic heterocycles. The number of methoxy groups -OCH3 is 2. The molecule has 0 aliphatic heterocycles. The number of aryl methyl sites for hydroxylation is 1. The summed E-state index contributed by atoms with van der Waals surface area (Å²) < 4.78 is 10.6. The molecule has 0 aliphatic carbocycles. The van der Waals surface area contributed by atoms with Gasteiger partial charge in [-0.3, -0.25) is 0 Å². The first-order valence-corrected chi connectivity index (χ1v) is 5.56. The van der Waals surface area contributed by atoms with Gasteiger partial charge in [-0.15, -0.1) is 0 Å². The number of hydrogen-bond acceptors (Lipinski definition) is 2. The minimum absolute atomic E-state index is 0.146. The van der Waals surface area contributed by atoms with Gasteiger partial charge in [0, 0.05) is 19.8 Å². The van der Waals surface area contributed by atoms with E-state index in [1.807, 2.05) is 0 Å². The van der Waals surface area contributed by atoms with Gasteiger partial charge in [-0.25, -0.2) is 0 Å². The summed E-state index contributed by atoms with van der Waals surface area (Å²) in [6.07, 6.45) is -0.277. The van der Waals surface area contributed by atoms with E-state index in [1.165, 1.54) is 11.1 Å². The highest BCUT2D eigenvalue weighted by atomic mass is 16.7. The highest BCUT2D eigenvalue weighted by molar-refractivity contribution is 5.34. The molecule has 0 saturated carbocycles. The van der Waals surface area contributed by atoms with Crippen LogP contribution in [0.5, 0.6) is 0 Å². The molecule has 0 aliphatic rings. The number of hydrogen-bond donors (Lipinski definition) is 0. The second-order valence-electron chi connectivity index (χ2n) is 5.19. The number of ether oxygens (including phenoxy) is 2. The molecule has 0 radical (unpaired) electrons. The van der Waals surface area contributed by atoms with Crippen molar-refractivity contribution in [3.63, 3.8) is 0 Å². The van der Waals surface area contributed by atoms with Crippen LogP contribution >= 0.6 is 0 Å². The molecule has 0 heterocycles. The quantitative estimate of drug-likeness (QED) is 0.728. The summed E-state index contributed by atoms with van der Waals surface area (Å²) in [5, 5.41) is 0. The van der Waals surface area contributed by atoms with E-state index < -0.39 is 0 Å². The third kappa shape index (κ3) is 3.06. The first-order valence-electron chi connectivity index (χ1n) is 5.56. The van der Waals surface area contributed by atoms with Crippen molar-refractivity contribution in [2.45, 2.75) is 39.4 Å². The van der Waals surface area contributed by atoms with Crippen LogP contribution in [0.3, 0.4) is 0 Å². The fourth-order valence-electron chi connectivity index (χ4n) is 1.75. The van der Waals surface area contributed by atoms with Crippen LogP contribution < -0.4 is 0 Å². The average molecular weight is 222 g/mol. The monoisotopic (exact) mass is 222 g/mol. The van der Waals surface area contributed by atoms with E-state index in [2.05, 4.69) is 45.9 Å². The maximum atomic E-state index is 5.29. The average Bonchev–Trinajstić information content (AvgIpc) is 2.17. The summed E-state index contributed by atoms with van der Waals surface area (Å²) in [7, 11) is 3.32. The van der Waals surface area contributed by atoms with Crippen molar-refractivity contribution < 1.29 is 9.47 Å². The standard InChI is InChI=1S/C14H22O2/c1-10-7-11(13(15-5)16-6)9-12(8-10)14(2,3)4/h7-9,13H,1-6H3. The third-order valence-corrected chi connectivity index (χ3v) is 2.67. The fraction of sp³-hybridized carbons (Fsp3) is 0.571. The summed E-state index contributed by atoms with van der Waals surface area (Å²) >= 11 is 0. The van der Waals surface area contributed by atoms with Gasteiger partial charge in [0.15, 0.2) is 6.29 Å². The highest BCUT2D eigenvalue weighted by Crippen LogP contribution is 2.27. The number of rotatable bonds is 3. The molecule has 0 fully saturated rings. The predicted octanol–water partition coefficient (Wildman–Crippen LogP) is 3.58. The normalized spacial score (nSPS) is 12.2. The maximum Gasteiger partial charge on any atom is 0.183 e. The van der Waals surface area contributed by atoms with Gasteiger partial charge in [0.05, 0.1) is 0 Å². The molecule has 0 amide bonds. The molecule has 16 heavy (non-hydrogen) atoms. The lowest BCUT2D eigenvalue weighted by Gasteiger charge is -2.22. The molecule has 0 N–H and O–H groups in total. The smallest absolute Gasteiger partial charge is 0.183 e. The molecule has 0 spiro atoms. The van der Waals surface area contributed by atoms with E-state index in [1.54, 1.807) is 14.2 Å². The fourth-order valence-corrected chi connectivity index (χ4v) is 1.75. The Balaban J connectivity index is 3.17. The lowest BCUT2D eigenvalue weighted by Crippen LogP contribution is -2.13. The van der Waals surface area contributed by atoms with E-state index in [0.717, 1.165) is 5.56 Å².